The highest BCUT2D eigenvalue weighted by molar-refractivity contribution is 9.08. The van der Waals surface area contributed by atoms with E-state index in [1.165, 1.54) is 0 Å². The van der Waals surface area contributed by atoms with Gasteiger partial charge in [0.25, 0.3) is 0 Å². The Balaban J connectivity index is 2.13. The van der Waals surface area contributed by atoms with Crippen molar-refractivity contribution in [3.05, 3.63) is 59.9 Å². The lowest BCUT2D eigenvalue weighted by atomic mass is 10.2. The Labute approximate surface area is 131 Å². The number of alkyl halides is 1. The van der Waals surface area contributed by atoms with E-state index >= 15 is 0 Å². The first-order chi connectivity index (χ1) is 10.2. The Morgan fingerprint density at radius 2 is 2.14 bits per heavy atom. The Hall–Kier alpha value is -2.32. The zero-order valence-corrected chi connectivity index (χ0v) is 13.1. The monoisotopic (exact) mass is 340 g/mol. The third-order valence-electron chi connectivity index (χ3n) is 3.41. The zero-order valence-electron chi connectivity index (χ0n) is 11.5. The molecule has 0 aliphatic rings. The average molecular weight is 341 g/mol. The van der Waals surface area contributed by atoms with E-state index in [4.69, 9.17) is 10.2 Å². The van der Waals surface area contributed by atoms with Crippen LogP contribution in [-0.4, -0.2) is 16.4 Å². The van der Waals surface area contributed by atoms with E-state index in [0.29, 0.717) is 10.9 Å². The largest absolute Gasteiger partial charge is 0.328 e. The van der Waals surface area contributed by atoms with Gasteiger partial charge in [-0.05, 0) is 30.3 Å². The summed E-state index contributed by atoms with van der Waals surface area (Å²) in [6.07, 6.45) is 2.00. The lowest BCUT2D eigenvalue weighted by Gasteiger charge is -2.18. The molecule has 0 aliphatic carbocycles. The van der Waals surface area contributed by atoms with E-state index in [1.54, 1.807) is 6.07 Å². The van der Waals surface area contributed by atoms with Crippen molar-refractivity contribution in [3.8, 4) is 6.07 Å². The Kier molecular flexibility index (Phi) is 3.63. The molecule has 0 amide bonds. The molecule has 0 fully saturated rings. The number of aromatic nitrogens is 2. The summed E-state index contributed by atoms with van der Waals surface area (Å²) in [6.45, 7) is 0. The summed E-state index contributed by atoms with van der Waals surface area (Å²) < 4.78 is 2.06. The maximum Gasteiger partial charge on any atom is 0.156 e. The molecule has 0 saturated carbocycles. The predicted molar refractivity (Wildman–Crippen MR) is 87.0 cm³/mol. The van der Waals surface area contributed by atoms with Gasteiger partial charge >= 0.3 is 0 Å². The number of hydrogen-bond donors (Lipinski definition) is 0. The molecular formula is C16H13BrN4. The number of fused-ring (bicyclic) bond motifs is 1. The van der Waals surface area contributed by atoms with Crippen LogP contribution in [0.2, 0.25) is 0 Å². The van der Waals surface area contributed by atoms with Gasteiger partial charge in [0.2, 0.25) is 0 Å². The first-order valence-electron chi connectivity index (χ1n) is 6.50. The number of benzene rings is 1. The molecule has 5 heteroatoms. The number of anilines is 2. The number of imidazole rings is 1. The van der Waals surface area contributed by atoms with Crippen molar-refractivity contribution < 1.29 is 0 Å². The molecule has 1 aromatic carbocycles. The summed E-state index contributed by atoms with van der Waals surface area (Å²) in [5.41, 5.74) is 3.57. The molecule has 3 aromatic rings. The minimum absolute atomic E-state index is 0.642. The van der Waals surface area contributed by atoms with E-state index in [9.17, 15) is 0 Å². The van der Waals surface area contributed by atoms with Crippen molar-refractivity contribution in [2.75, 3.05) is 11.9 Å². The molecule has 0 unspecified atom stereocenters. The molecule has 0 atom stereocenters. The van der Waals surface area contributed by atoms with Crippen LogP contribution < -0.4 is 4.90 Å². The van der Waals surface area contributed by atoms with Crippen LogP contribution in [0.5, 0.6) is 0 Å². The number of hydrogen-bond acceptors (Lipinski definition) is 3. The SMILES string of the molecule is CN(c1cccc(C#N)c1)c1nc2ccccn2c1CBr. The third kappa shape index (κ3) is 2.39. The number of pyridine rings is 1. The molecule has 4 nitrogen and oxygen atoms in total. The molecule has 3 rings (SSSR count). The molecule has 0 saturated heterocycles. The van der Waals surface area contributed by atoms with Gasteiger partial charge in [-0.15, -0.1) is 0 Å². The van der Waals surface area contributed by atoms with Crippen LogP contribution in [-0.2, 0) is 5.33 Å². The van der Waals surface area contributed by atoms with Crippen molar-refractivity contribution >= 4 is 33.1 Å². The van der Waals surface area contributed by atoms with Gasteiger partial charge in [-0.1, -0.05) is 28.1 Å². The van der Waals surface area contributed by atoms with E-state index in [2.05, 4.69) is 26.4 Å². The fraction of sp³-hybridized carbons (Fsp3) is 0.125. The van der Waals surface area contributed by atoms with Gasteiger partial charge in [-0.3, -0.25) is 0 Å². The number of rotatable bonds is 3. The summed E-state index contributed by atoms with van der Waals surface area (Å²) in [6, 6.07) is 15.6. The van der Waals surface area contributed by atoms with Gasteiger partial charge in [0.1, 0.15) is 5.65 Å². The number of nitrogens with zero attached hydrogens (tertiary/aromatic N) is 4. The number of nitriles is 1. The van der Waals surface area contributed by atoms with Crippen molar-refractivity contribution in [1.82, 2.24) is 9.38 Å². The summed E-state index contributed by atoms with van der Waals surface area (Å²) in [4.78, 5) is 6.70. The Morgan fingerprint density at radius 3 is 2.90 bits per heavy atom. The Morgan fingerprint density at radius 1 is 1.29 bits per heavy atom. The normalized spacial score (nSPS) is 10.5. The highest BCUT2D eigenvalue weighted by atomic mass is 79.9. The van der Waals surface area contributed by atoms with E-state index in [0.717, 1.165) is 22.8 Å². The van der Waals surface area contributed by atoms with Crippen LogP contribution in [0.1, 0.15) is 11.3 Å². The average Bonchev–Trinajstić information content (AvgIpc) is 2.92. The van der Waals surface area contributed by atoms with Crippen molar-refractivity contribution in [2.24, 2.45) is 0 Å². The first-order valence-corrected chi connectivity index (χ1v) is 7.62. The maximum absolute atomic E-state index is 9.03. The predicted octanol–water partition coefficient (Wildman–Crippen LogP) is 3.87. The van der Waals surface area contributed by atoms with Gasteiger partial charge in [-0.25, -0.2) is 4.98 Å². The van der Waals surface area contributed by atoms with Gasteiger partial charge < -0.3 is 9.30 Å². The minimum Gasteiger partial charge on any atom is -0.328 e. The second-order valence-corrected chi connectivity index (χ2v) is 5.23. The fourth-order valence-corrected chi connectivity index (χ4v) is 2.85. The van der Waals surface area contributed by atoms with Crippen LogP contribution in [0.3, 0.4) is 0 Å². The lowest BCUT2D eigenvalue weighted by molar-refractivity contribution is 1.07. The molecule has 0 radical (unpaired) electrons. The fourth-order valence-electron chi connectivity index (χ4n) is 2.33. The van der Waals surface area contributed by atoms with Crippen LogP contribution in [0, 0.1) is 11.3 Å². The molecular weight excluding hydrogens is 328 g/mol. The lowest BCUT2D eigenvalue weighted by Crippen LogP contribution is -2.12. The molecule has 104 valence electrons. The summed E-state index contributed by atoms with van der Waals surface area (Å²) in [5.74, 6) is 0.883. The third-order valence-corrected chi connectivity index (χ3v) is 3.95. The van der Waals surface area contributed by atoms with Gasteiger partial charge in [0, 0.05) is 24.3 Å². The van der Waals surface area contributed by atoms with Gasteiger partial charge in [-0.2, -0.15) is 5.26 Å². The van der Waals surface area contributed by atoms with Crippen molar-refractivity contribution in [1.29, 1.82) is 5.26 Å². The molecule has 0 N–H and O–H groups in total. The second-order valence-electron chi connectivity index (χ2n) is 4.67. The van der Waals surface area contributed by atoms with Crippen LogP contribution in [0.15, 0.2) is 48.7 Å². The van der Waals surface area contributed by atoms with Crippen molar-refractivity contribution in [3.63, 3.8) is 0 Å². The quantitative estimate of drug-likeness (QED) is 0.680. The maximum atomic E-state index is 9.03. The van der Waals surface area contributed by atoms with Crippen LogP contribution in [0.4, 0.5) is 11.5 Å². The molecule has 0 spiro atoms. The summed E-state index contributed by atoms with van der Waals surface area (Å²) >= 11 is 3.54. The van der Waals surface area contributed by atoms with Gasteiger partial charge in [0.05, 0.1) is 17.3 Å². The number of halogens is 1. The zero-order chi connectivity index (χ0) is 14.8. The van der Waals surface area contributed by atoms with E-state index in [-0.39, 0.29) is 0 Å². The molecule has 2 heterocycles. The standard InChI is InChI=1S/C16H13BrN4/c1-20(13-6-4-5-12(9-13)11-18)16-14(10-17)21-8-3-2-7-15(21)19-16/h2-9H,10H2,1H3. The van der Waals surface area contributed by atoms with E-state index in [1.807, 2.05) is 54.5 Å². The van der Waals surface area contributed by atoms with Gasteiger partial charge in [0.15, 0.2) is 5.82 Å². The van der Waals surface area contributed by atoms with Crippen LogP contribution >= 0.6 is 15.9 Å². The highest BCUT2D eigenvalue weighted by Gasteiger charge is 2.16. The summed E-state index contributed by atoms with van der Waals surface area (Å²) in [5, 5.41) is 9.74. The first kappa shape index (κ1) is 13.7. The topological polar surface area (TPSA) is 44.3 Å². The molecule has 0 bridgehead atoms. The van der Waals surface area contributed by atoms with Crippen molar-refractivity contribution in [2.45, 2.75) is 5.33 Å². The Bertz CT molecular complexity index is 832. The molecule has 2 aromatic heterocycles. The molecule has 21 heavy (non-hydrogen) atoms. The second kappa shape index (κ2) is 5.58. The minimum atomic E-state index is 0.642. The van der Waals surface area contributed by atoms with Crippen LogP contribution in [0.25, 0.3) is 5.65 Å². The highest BCUT2D eigenvalue weighted by Crippen LogP contribution is 2.29. The summed E-state index contributed by atoms with van der Waals surface area (Å²) in [7, 11) is 1.96. The van der Waals surface area contributed by atoms with E-state index < -0.39 is 0 Å². The smallest absolute Gasteiger partial charge is 0.156 e. The molecule has 0 aliphatic heterocycles.